The fourth-order valence-electron chi connectivity index (χ4n) is 11.6. The topological polar surface area (TPSA) is 272 Å². The van der Waals surface area contributed by atoms with Crippen LogP contribution in [-0.4, -0.2) is 230 Å². The van der Waals surface area contributed by atoms with Crippen LogP contribution in [0.4, 0.5) is 56.6 Å². The Bertz CT molecular complexity index is 3900. The number of hydrogen-bond donors (Lipinski definition) is 4. The summed E-state index contributed by atoms with van der Waals surface area (Å²) in [5, 5.41) is 39.3. The van der Waals surface area contributed by atoms with Gasteiger partial charge in [0.2, 0.25) is 5.52 Å². The van der Waals surface area contributed by atoms with E-state index in [1.165, 1.54) is 31.9 Å². The summed E-state index contributed by atoms with van der Waals surface area (Å²) < 4.78 is 111. The van der Waals surface area contributed by atoms with Crippen molar-refractivity contribution in [2.75, 3.05) is 171 Å². The van der Waals surface area contributed by atoms with Crippen LogP contribution >= 0.6 is 57.7 Å². The van der Waals surface area contributed by atoms with E-state index in [-0.39, 0.29) is 76.1 Å². The number of carboxylic acids is 3. The number of allylic oxidation sites excluding steroid dienone is 2. The van der Waals surface area contributed by atoms with Gasteiger partial charge in [-0.05, 0) is 84.3 Å². The number of carboxylic acid groups (broad SMARTS) is 3. The summed E-state index contributed by atoms with van der Waals surface area (Å²) in [7, 11) is 8.33. The van der Waals surface area contributed by atoms with Gasteiger partial charge in [-0.1, -0.05) is 72.0 Å². The Kier molecular flexibility index (Phi) is 38.1. The summed E-state index contributed by atoms with van der Waals surface area (Å²) >= 11 is 25.8. The number of aromatic nitrogens is 1. The van der Waals surface area contributed by atoms with E-state index >= 15 is 0 Å². The lowest BCUT2D eigenvalue weighted by Gasteiger charge is -2.41. The molecule has 614 valence electrons. The van der Waals surface area contributed by atoms with E-state index in [4.69, 9.17) is 85.6 Å². The minimum atomic E-state index is -5.19. The van der Waals surface area contributed by atoms with Crippen molar-refractivity contribution < 1.29 is 111 Å². The number of hydrogen-bond acceptors (Lipinski definition) is 17. The van der Waals surface area contributed by atoms with Crippen molar-refractivity contribution in [2.45, 2.75) is 57.3 Å². The van der Waals surface area contributed by atoms with Gasteiger partial charge in [-0.3, -0.25) is 19.2 Å². The van der Waals surface area contributed by atoms with Crippen molar-refractivity contribution in [1.29, 1.82) is 0 Å². The zero-order valence-corrected chi connectivity index (χ0v) is 65.8. The van der Waals surface area contributed by atoms with Crippen molar-refractivity contribution >= 4 is 138 Å². The van der Waals surface area contributed by atoms with Crippen molar-refractivity contribution in [3.05, 3.63) is 155 Å². The number of carbonyl (C=O) groups is 7. The number of thiazole rings is 1. The molecule has 0 saturated carbocycles. The van der Waals surface area contributed by atoms with Crippen LogP contribution in [0.2, 0.25) is 0 Å². The number of carbonyl (C=O) groups excluding carboxylic acids is 7. The minimum absolute atomic E-state index is 0.0999. The molecule has 112 heavy (non-hydrogen) atoms. The first-order valence-electron chi connectivity index (χ1n) is 35.2. The lowest BCUT2D eigenvalue weighted by Crippen LogP contribution is -2.50. The Morgan fingerprint density at radius 3 is 1.37 bits per heavy atom. The molecule has 4 amide bonds. The van der Waals surface area contributed by atoms with Crippen molar-refractivity contribution in [2.24, 2.45) is 0 Å². The minimum Gasteiger partial charge on any atom is -0.542 e. The number of aliphatic carboxylic acids is 3. The van der Waals surface area contributed by atoms with Crippen LogP contribution in [0.3, 0.4) is 0 Å². The second-order valence-electron chi connectivity index (χ2n) is 26.5. The molecule has 1 aromatic heterocycles. The highest BCUT2D eigenvalue weighted by molar-refractivity contribution is 7.19. The highest BCUT2D eigenvalue weighted by Gasteiger charge is 2.34. The predicted octanol–water partition coefficient (Wildman–Crippen LogP) is 6.86. The number of anilines is 3. The number of fused-ring (bicyclic) bond motifs is 1. The number of alkyl halides is 13. The van der Waals surface area contributed by atoms with E-state index in [2.05, 4.69) is 159 Å². The fraction of sp³-hybridized carbons (Fsp3) is 0.440. The molecular formula is C75H90Cl4F9N11O12S. The number of ether oxygens (including phenoxy) is 2. The lowest BCUT2D eigenvalue weighted by atomic mass is 9.97. The van der Waals surface area contributed by atoms with Crippen LogP contribution in [-0.2, 0) is 53.1 Å². The average molecular weight is 1680 g/mol. The van der Waals surface area contributed by atoms with Gasteiger partial charge in [0.25, 0.3) is 28.6 Å². The third kappa shape index (κ3) is 32.6. The molecule has 0 spiro atoms. The molecule has 0 aliphatic carbocycles. The molecule has 4 N–H and O–H groups in total. The van der Waals surface area contributed by atoms with Gasteiger partial charge in [0.1, 0.15) is 39.9 Å². The molecule has 0 atom stereocenters. The van der Waals surface area contributed by atoms with Crippen LogP contribution < -0.4 is 65.3 Å². The smallest absolute Gasteiger partial charge is 0.430 e. The molecule has 0 bridgehead atoms. The first-order chi connectivity index (χ1) is 52.9. The van der Waals surface area contributed by atoms with E-state index in [1.807, 2.05) is 59.9 Å². The fourth-order valence-corrected chi connectivity index (χ4v) is 13.6. The zero-order chi connectivity index (χ0) is 82.8. The Morgan fingerprint density at radius 1 is 0.536 bits per heavy atom. The molecule has 0 unspecified atom stereocenters. The first-order valence-corrected chi connectivity index (χ1v) is 38.1. The normalized spacial score (nSPS) is 12.9. The number of nitrogens with one attached hydrogen (secondary N) is 4. The summed E-state index contributed by atoms with van der Waals surface area (Å²) in [4.78, 5) is 88.0. The summed E-state index contributed by atoms with van der Waals surface area (Å²) in [6.45, 7) is 8.47. The monoisotopic (exact) mass is 1680 g/mol. The van der Waals surface area contributed by atoms with Crippen LogP contribution in [0.1, 0.15) is 41.0 Å². The van der Waals surface area contributed by atoms with Gasteiger partial charge in [0, 0.05) is 143 Å². The van der Waals surface area contributed by atoms with Gasteiger partial charge in [0.05, 0.1) is 47.0 Å². The summed E-state index contributed by atoms with van der Waals surface area (Å²) in [5.74, 6) is -5.63. The van der Waals surface area contributed by atoms with Crippen molar-refractivity contribution in [3.8, 4) is 11.5 Å². The average Bonchev–Trinajstić information content (AvgIpc) is 1.33. The summed E-state index contributed by atoms with van der Waals surface area (Å²) in [5.41, 5.74) is 9.33. The third-order valence-corrected chi connectivity index (χ3v) is 18.6. The quantitative estimate of drug-likeness (QED) is 0.0101. The molecule has 5 aromatic carbocycles. The van der Waals surface area contributed by atoms with E-state index in [0.29, 0.717) is 89.8 Å². The number of aryl methyl sites for hydroxylation is 2. The van der Waals surface area contributed by atoms with Gasteiger partial charge in [0.15, 0.2) is 32.8 Å². The standard InChI is InChI=1S/C69H87Cl4N11O6S.3C2HF3O2/c1-83(2,49-63(85)74-33-35-76-65(87)51-89-58-25-21-56(22-26-58)78(40-29-70)41-30-71)44-12-37-80(38-13-45-84(3,4)50-64(86)75-34-36-77-66(88)52-90-59-27-23-57(24-28-59)79(42-31-72)43-32-73)67-46-55(47-68-81-39-11-17-54-16-10-20-62(91-68)69(54)81)60-18-8-9-19-61(60)82(67)48-53-14-6-5-7-15-53;3*3-2(4,5)1(6)7/h5-10,14-16,18-28,46-47H,11-13,17,29-45,48-52H2,1-4H3,(H-3,74,75,76,77,85,86,87,88);3*(H,6,7). The number of likely N-dealkylation sites (N-methyl/N-ethyl adjacent to an activating group) is 2. The molecule has 37 heteroatoms. The number of nitrogens with zero attached hydrogens (tertiary/aromatic N) is 7. The van der Waals surface area contributed by atoms with E-state index in [1.54, 1.807) is 0 Å². The van der Waals surface area contributed by atoms with Crippen LogP contribution in [0, 0.1) is 0 Å². The third-order valence-electron chi connectivity index (χ3n) is 16.8. The largest absolute Gasteiger partial charge is 0.542 e. The lowest BCUT2D eigenvalue weighted by molar-refractivity contribution is -0.882. The maximum absolute atomic E-state index is 13.5. The molecular weight excluding hydrogens is 1590 g/mol. The van der Waals surface area contributed by atoms with Crippen molar-refractivity contribution in [3.63, 3.8) is 0 Å². The summed E-state index contributed by atoms with van der Waals surface area (Å²) in [6, 6.07) is 41.0. The molecule has 2 aliphatic heterocycles. The molecule has 2 aliphatic rings. The summed E-state index contributed by atoms with van der Waals surface area (Å²) in [6.07, 6.45) is -7.06. The van der Waals surface area contributed by atoms with Gasteiger partial charge >= 0.3 is 18.5 Å². The molecule has 0 saturated heterocycles. The van der Waals surface area contributed by atoms with E-state index in [0.717, 1.165) is 73.8 Å². The number of rotatable bonds is 38. The Morgan fingerprint density at radius 2 is 0.946 bits per heavy atom. The maximum Gasteiger partial charge on any atom is 0.430 e. The molecule has 0 fully saturated rings. The zero-order valence-electron chi connectivity index (χ0n) is 61.9. The number of quaternary nitrogens is 2. The van der Waals surface area contributed by atoms with Crippen LogP contribution in [0.15, 0.2) is 133 Å². The van der Waals surface area contributed by atoms with Gasteiger partial charge < -0.3 is 89.0 Å². The molecule has 6 aromatic rings. The molecule has 0 radical (unpaired) electrons. The molecule has 23 nitrogen and oxygen atoms in total. The Hall–Kier alpha value is -8.99. The maximum atomic E-state index is 13.5. The number of halogens is 13. The first kappa shape index (κ1) is 93.6. The van der Waals surface area contributed by atoms with Crippen molar-refractivity contribution in [1.82, 2.24) is 26.2 Å². The molecule has 3 heterocycles. The second-order valence-corrected chi connectivity index (χ2v) is 29.1. The van der Waals surface area contributed by atoms with Crippen LogP contribution in [0.5, 0.6) is 11.5 Å². The van der Waals surface area contributed by atoms with Gasteiger partial charge in [-0.2, -0.15) is 44.1 Å². The number of para-hydroxylation sites is 2. The second kappa shape index (κ2) is 45.6. The number of amides is 4. The van der Waals surface area contributed by atoms with E-state index in [9.17, 15) is 58.7 Å². The Labute approximate surface area is 667 Å². The van der Waals surface area contributed by atoms with Crippen LogP contribution in [0.25, 0.3) is 21.9 Å². The SMILES string of the molecule is C[N+](C)(CCCN(CCC[N+](C)(C)CC(=O)NCCNC(=O)COc1ccc(N(CCCl)CCCl)cc1)C1=C/C(=C\c2sc3cccc4c3[n+]2CCC4)c2ccccc2N1Cc1ccccc1)CC(=O)NCCNC(=O)COc1ccc(N(CCCl)CCCl)cc1.O=C([O-])C(F)(F)F.O=C([O-])C(F)(F)F.O=C([O-])C(F)(F)F. The number of benzene rings is 5. The molecule has 8 rings (SSSR count). The predicted molar refractivity (Wildman–Crippen MR) is 406 cm³/mol. The highest BCUT2D eigenvalue weighted by Crippen LogP contribution is 2.41. The Balaban J connectivity index is 0.000000935. The van der Waals surface area contributed by atoms with Gasteiger partial charge in [-0.15, -0.1) is 46.4 Å². The highest BCUT2D eigenvalue weighted by atomic mass is 35.5. The van der Waals surface area contributed by atoms with E-state index < -0.39 is 36.4 Å². The van der Waals surface area contributed by atoms with Gasteiger partial charge in [-0.25, -0.2) is 0 Å².